The first-order valence-corrected chi connectivity index (χ1v) is 44.1. The van der Waals surface area contributed by atoms with E-state index in [9.17, 15) is 43.2 Å². The molecule has 0 aromatic rings. The van der Waals surface area contributed by atoms with Crippen molar-refractivity contribution in [2.75, 3.05) is 39.6 Å². The Morgan fingerprint density at radius 1 is 0.276 bits per heavy atom. The number of esters is 4. The van der Waals surface area contributed by atoms with Gasteiger partial charge in [0.25, 0.3) is 0 Å². The molecular formula is C79H154O17P2. The fourth-order valence-electron chi connectivity index (χ4n) is 12.2. The van der Waals surface area contributed by atoms with Crippen LogP contribution in [0.5, 0.6) is 0 Å². The predicted octanol–water partition coefficient (Wildman–Crippen LogP) is 23.6. The van der Waals surface area contributed by atoms with E-state index in [1.54, 1.807) is 0 Å². The Labute approximate surface area is 600 Å². The maximum Gasteiger partial charge on any atom is 0.472 e. The minimum absolute atomic E-state index is 0.105. The van der Waals surface area contributed by atoms with Crippen LogP contribution < -0.4 is 0 Å². The van der Waals surface area contributed by atoms with Crippen molar-refractivity contribution in [2.45, 2.75) is 438 Å². The van der Waals surface area contributed by atoms with Gasteiger partial charge < -0.3 is 33.8 Å². The van der Waals surface area contributed by atoms with E-state index in [4.69, 9.17) is 37.0 Å². The Balaban J connectivity index is 5.11. The minimum Gasteiger partial charge on any atom is -0.462 e. The number of ether oxygens (including phenoxy) is 4. The van der Waals surface area contributed by atoms with Crippen LogP contribution in [0.4, 0.5) is 0 Å². The molecule has 5 atom stereocenters. The number of carbonyl (C=O) groups is 4. The molecule has 0 aromatic carbocycles. The molecule has 0 aromatic heterocycles. The second-order valence-corrected chi connectivity index (χ2v) is 31.8. The van der Waals surface area contributed by atoms with Crippen LogP contribution in [0, 0.1) is 5.92 Å². The lowest BCUT2D eigenvalue weighted by Crippen LogP contribution is -2.30. The normalized spacial score (nSPS) is 13.9. The van der Waals surface area contributed by atoms with E-state index in [1.807, 2.05) is 0 Å². The van der Waals surface area contributed by atoms with Gasteiger partial charge in [-0.05, 0) is 31.6 Å². The first kappa shape index (κ1) is 96.1. The van der Waals surface area contributed by atoms with Crippen LogP contribution in [-0.4, -0.2) is 96.7 Å². The van der Waals surface area contributed by atoms with Crippen molar-refractivity contribution in [1.82, 2.24) is 0 Å². The highest BCUT2D eigenvalue weighted by Crippen LogP contribution is 2.45. The molecule has 0 aliphatic carbocycles. The van der Waals surface area contributed by atoms with Crippen LogP contribution in [0.2, 0.25) is 0 Å². The number of unbranched alkanes of at least 4 members (excludes halogenated alkanes) is 51. The summed E-state index contributed by atoms with van der Waals surface area (Å²) in [6.07, 6.45) is 62.9. The summed E-state index contributed by atoms with van der Waals surface area (Å²) in [4.78, 5) is 72.6. The molecule has 98 heavy (non-hydrogen) atoms. The quantitative estimate of drug-likeness (QED) is 0.0222. The van der Waals surface area contributed by atoms with E-state index in [0.29, 0.717) is 25.7 Å². The third kappa shape index (κ3) is 72.4. The van der Waals surface area contributed by atoms with Gasteiger partial charge in [-0.25, -0.2) is 9.13 Å². The SMILES string of the molecule is CCCCCCCCCCCCCCCCCCCCCCCC(=O)OC[C@H](COP(=O)(O)OC[C@@H](O)COP(=O)(O)OC[C@@H](COC(=O)CCCCCCCCCC)OC(=O)CCCCCCCCCC)OC(=O)CCCCCCCCCCCCCCCCCCCCC(C)C. The number of carbonyl (C=O) groups excluding carboxylic acids is 4. The number of hydrogen-bond acceptors (Lipinski definition) is 15. The first-order valence-electron chi connectivity index (χ1n) is 41.1. The van der Waals surface area contributed by atoms with E-state index in [2.05, 4.69) is 34.6 Å². The van der Waals surface area contributed by atoms with Gasteiger partial charge >= 0.3 is 39.5 Å². The molecule has 0 fully saturated rings. The van der Waals surface area contributed by atoms with Crippen LogP contribution in [0.3, 0.4) is 0 Å². The van der Waals surface area contributed by atoms with Gasteiger partial charge in [-0.1, -0.05) is 369 Å². The number of aliphatic hydroxyl groups is 1. The van der Waals surface area contributed by atoms with E-state index in [1.165, 1.54) is 231 Å². The molecule has 0 amide bonds. The standard InChI is InChI=1S/C79H154O17P2/c1-6-9-12-15-18-21-22-23-24-25-26-27-28-32-35-38-41-44-49-53-58-63-77(82)90-69-75(96-79(84)65-60-55-50-45-42-39-36-33-30-29-31-34-37-40-43-46-51-56-61-72(4)5)71-94-98(87,88)92-67-73(80)66-91-97(85,86)93-70-74(95-78(83)64-59-54-48-20-17-14-11-8-3)68-89-76(81)62-57-52-47-19-16-13-10-7-2/h72-75,80H,6-71H2,1-5H3,(H,85,86)(H,87,88)/t73-,74+,75+/m0/s1. The summed E-state index contributed by atoms with van der Waals surface area (Å²) in [5.41, 5.74) is 0. The van der Waals surface area contributed by atoms with Gasteiger partial charge in [-0.2, -0.15) is 0 Å². The fraction of sp³-hybridized carbons (Fsp3) is 0.949. The zero-order valence-electron chi connectivity index (χ0n) is 63.9. The monoisotopic (exact) mass is 1440 g/mol. The zero-order valence-corrected chi connectivity index (χ0v) is 65.7. The molecule has 582 valence electrons. The van der Waals surface area contributed by atoms with Crippen molar-refractivity contribution in [2.24, 2.45) is 5.92 Å². The summed E-state index contributed by atoms with van der Waals surface area (Å²) in [6.45, 7) is 7.28. The molecule has 0 radical (unpaired) electrons. The second kappa shape index (κ2) is 72.0. The van der Waals surface area contributed by atoms with Crippen molar-refractivity contribution in [1.29, 1.82) is 0 Å². The maximum atomic E-state index is 13.1. The molecular weight excluding hydrogens is 1280 g/mol. The lowest BCUT2D eigenvalue weighted by atomic mass is 10.0. The molecule has 2 unspecified atom stereocenters. The van der Waals surface area contributed by atoms with Crippen LogP contribution in [-0.2, 0) is 65.4 Å². The van der Waals surface area contributed by atoms with Crippen molar-refractivity contribution >= 4 is 39.5 Å². The van der Waals surface area contributed by atoms with Gasteiger partial charge in [0.1, 0.15) is 19.3 Å². The molecule has 17 nitrogen and oxygen atoms in total. The zero-order chi connectivity index (χ0) is 71.9. The van der Waals surface area contributed by atoms with Gasteiger partial charge in [-0.3, -0.25) is 37.3 Å². The highest BCUT2D eigenvalue weighted by Gasteiger charge is 2.30. The van der Waals surface area contributed by atoms with E-state index in [-0.39, 0.29) is 25.7 Å². The van der Waals surface area contributed by atoms with Crippen molar-refractivity contribution in [3.8, 4) is 0 Å². The molecule has 3 N–H and O–H groups in total. The number of hydrogen-bond donors (Lipinski definition) is 3. The molecule has 0 rings (SSSR count). The van der Waals surface area contributed by atoms with Gasteiger partial charge in [0, 0.05) is 25.7 Å². The molecule has 0 bridgehead atoms. The molecule has 0 saturated heterocycles. The molecule has 0 saturated carbocycles. The first-order chi connectivity index (χ1) is 47.5. The predicted molar refractivity (Wildman–Crippen MR) is 400 cm³/mol. The Morgan fingerprint density at radius 2 is 0.469 bits per heavy atom. The highest BCUT2D eigenvalue weighted by atomic mass is 31.2. The summed E-state index contributed by atoms with van der Waals surface area (Å²) in [6, 6.07) is 0. The molecule has 19 heteroatoms. The van der Waals surface area contributed by atoms with Gasteiger partial charge in [-0.15, -0.1) is 0 Å². The van der Waals surface area contributed by atoms with Gasteiger partial charge in [0.2, 0.25) is 0 Å². The van der Waals surface area contributed by atoms with Crippen LogP contribution in [0.1, 0.15) is 420 Å². The van der Waals surface area contributed by atoms with Crippen LogP contribution in [0.15, 0.2) is 0 Å². The van der Waals surface area contributed by atoms with Crippen molar-refractivity contribution < 1.29 is 80.2 Å². The van der Waals surface area contributed by atoms with Gasteiger partial charge in [0.05, 0.1) is 26.4 Å². The lowest BCUT2D eigenvalue weighted by molar-refractivity contribution is -0.161. The molecule has 0 spiro atoms. The minimum atomic E-state index is -4.96. The third-order valence-electron chi connectivity index (χ3n) is 18.5. The summed E-state index contributed by atoms with van der Waals surface area (Å²) in [5.74, 6) is -1.30. The van der Waals surface area contributed by atoms with E-state index < -0.39 is 97.5 Å². The lowest BCUT2D eigenvalue weighted by Gasteiger charge is -2.21. The Kier molecular flexibility index (Phi) is 70.6. The molecule has 0 aliphatic rings. The van der Waals surface area contributed by atoms with Crippen molar-refractivity contribution in [3.05, 3.63) is 0 Å². The fourth-order valence-corrected chi connectivity index (χ4v) is 13.8. The van der Waals surface area contributed by atoms with E-state index in [0.717, 1.165) is 109 Å². The van der Waals surface area contributed by atoms with Crippen LogP contribution in [0.25, 0.3) is 0 Å². The summed E-state index contributed by atoms with van der Waals surface area (Å²) < 4.78 is 68.4. The summed E-state index contributed by atoms with van der Waals surface area (Å²) in [7, 11) is -9.90. The molecule has 0 aliphatic heterocycles. The Bertz CT molecular complexity index is 1870. The largest absolute Gasteiger partial charge is 0.472 e. The maximum absolute atomic E-state index is 13.1. The summed E-state index contributed by atoms with van der Waals surface area (Å²) in [5, 5.41) is 10.6. The number of rotatable bonds is 79. The Morgan fingerprint density at radius 3 is 0.694 bits per heavy atom. The Hall–Kier alpha value is -1.94. The third-order valence-corrected chi connectivity index (χ3v) is 20.4. The van der Waals surface area contributed by atoms with Crippen LogP contribution >= 0.6 is 15.6 Å². The number of phosphoric ester groups is 2. The van der Waals surface area contributed by atoms with Gasteiger partial charge in [0.15, 0.2) is 12.2 Å². The summed E-state index contributed by atoms with van der Waals surface area (Å²) >= 11 is 0. The van der Waals surface area contributed by atoms with E-state index >= 15 is 0 Å². The topological polar surface area (TPSA) is 237 Å². The second-order valence-electron chi connectivity index (χ2n) is 28.9. The van der Waals surface area contributed by atoms with Crippen molar-refractivity contribution in [3.63, 3.8) is 0 Å². The molecule has 0 heterocycles. The number of phosphoric acid groups is 2. The average Bonchev–Trinajstić information content (AvgIpc) is 1.10. The highest BCUT2D eigenvalue weighted by molar-refractivity contribution is 7.47. The smallest absolute Gasteiger partial charge is 0.462 e. The average molecular weight is 1440 g/mol. The number of aliphatic hydroxyl groups excluding tert-OH is 1.